The molecule has 0 aliphatic carbocycles. The first-order chi connectivity index (χ1) is 12.3. The SMILES string of the molecule is COc1ccc(C(C)=O)cc1C[NH+](C)CC(=O)Nc1cccc(C)c1C. The summed E-state index contributed by atoms with van der Waals surface area (Å²) in [5.74, 6) is 0.696. The highest BCUT2D eigenvalue weighted by Gasteiger charge is 2.15. The van der Waals surface area contributed by atoms with Crippen LogP contribution in [0.25, 0.3) is 0 Å². The number of quaternary nitrogens is 1. The van der Waals surface area contributed by atoms with E-state index in [9.17, 15) is 9.59 Å². The normalized spacial score (nSPS) is 11.7. The Morgan fingerprint density at radius 1 is 1.15 bits per heavy atom. The molecule has 0 aliphatic heterocycles. The van der Waals surface area contributed by atoms with Gasteiger partial charge in [0.25, 0.3) is 5.91 Å². The van der Waals surface area contributed by atoms with Crippen LogP contribution in [0.5, 0.6) is 5.75 Å². The summed E-state index contributed by atoms with van der Waals surface area (Å²) in [5.41, 5.74) is 4.63. The summed E-state index contributed by atoms with van der Waals surface area (Å²) in [4.78, 5) is 25.0. The van der Waals surface area contributed by atoms with Crippen molar-refractivity contribution in [3.63, 3.8) is 0 Å². The Morgan fingerprint density at radius 3 is 2.54 bits per heavy atom. The lowest BCUT2D eigenvalue weighted by Gasteiger charge is -2.17. The van der Waals surface area contributed by atoms with Crippen LogP contribution in [-0.4, -0.2) is 32.4 Å². The Balaban J connectivity index is 2.05. The Morgan fingerprint density at radius 2 is 1.88 bits per heavy atom. The lowest BCUT2D eigenvalue weighted by Crippen LogP contribution is -3.08. The molecule has 0 bridgehead atoms. The van der Waals surface area contributed by atoms with Crippen LogP contribution in [0.1, 0.15) is 34.0 Å². The smallest absolute Gasteiger partial charge is 0.279 e. The van der Waals surface area contributed by atoms with Gasteiger partial charge in [-0.25, -0.2) is 0 Å². The highest BCUT2D eigenvalue weighted by atomic mass is 16.5. The van der Waals surface area contributed by atoms with E-state index >= 15 is 0 Å². The van der Waals surface area contributed by atoms with Crippen molar-refractivity contribution in [3.8, 4) is 5.75 Å². The van der Waals surface area contributed by atoms with E-state index in [2.05, 4.69) is 5.32 Å². The number of anilines is 1. The minimum absolute atomic E-state index is 0.0132. The maximum atomic E-state index is 12.4. The number of Topliss-reactive ketones (excluding diaryl/α,β-unsaturated/α-hetero) is 1. The van der Waals surface area contributed by atoms with Gasteiger partial charge in [-0.3, -0.25) is 9.59 Å². The number of aryl methyl sites for hydroxylation is 1. The fourth-order valence-corrected chi connectivity index (χ4v) is 2.88. The van der Waals surface area contributed by atoms with Crippen molar-refractivity contribution in [2.45, 2.75) is 27.3 Å². The number of amides is 1. The van der Waals surface area contributed by atoms with E-state index in [4.69, 9.17) is 4.74 Å². The van der Waals surface area contributed by atoms with Gasteiger partial charge in [0, 0.05) is 16.8 Å². The molecule has 2 rings (SSSR count). The van der Waals surface area contributed by atoms with E-state index in [0.29, 0.717) is 18.7 Å². The number of hydrogen-bond donors (Lipinski definition) is 2. The third-order valence-corrected chi connectivity index (χ3v) is 4.52. The van der Waals surface area contributed by atoms with Crippen LogP contribution in [0.3, 0.4) is 0 Å². The van der Waals surface area contributed by atoms with Crippen LogP contribution >= 0.6 is 0 Å². The highest BCUT2D eigenvalue weighted by Crippen LogP contribution is 2.20. The maximum Gasteiger partial charge on any atom is 0.279 e. The molecule has 2 aromatic carbocycles. The summed E-state index contributed by atoms with van der Waals surface area (Å²) in [5, 5.41) is 2.98. The zero-order chi connectivity index (χ0) is 19.3. The van der Waals surface area contributed by atoms with Crippen LogP contribution in [0, 0.1) is 13.8 Å². The van der Waals surface area contributed by atoms with Crippen molar-refractivity contribution in [2.75, 3.05) is 26.0 Å². The first-order valence-electron chi connectivity index (χ1n) is 8.67. The van der Waals surface area contributed by atoms with Gasteiger partial charge in [0.15, 0.2) is 12.3 Å². The molecule has 1 amide bonds. The van der Waals surface area contributed by atoms with Crippen molar-refractivity contribution in [2.24, 2.45) is 0 Å². The van der Waals surface area contributed by atoms with Gasteiger partial charge in [-0.2, -0.15) is 0 Å². The van der Waals surface area contributed by atoms with Crippen molar-refractivity contribution >= 4 is 17.4 Å². The Bertz CT molecular complexity index is 815. The highest BCUT2D eigenvalue weighted by molar-refractivity contribution is 5.94. The van der Waals surface area contributed by atoms with Crippen LogP contribution in [-0.2, 0) is 11.3 Å². The number of methoxy groups -OCH3 is 1. The standard InChI is InChI=1S/C21H26N2O3/c1-14-7-6-8-19(15(14)2)22-21(25)13-23(4)12-18-11-17(16(3)24)9-10-20(18)26-5/h6-11H,12-13H2,1-5H3,(H,22,25)/p+1. The van der Waals surface area contributed by atoms with Crippen molar-refractivity contribution in [3.05, 3.63) is 58.7 Å². The topological polar surface area (TPSA) is 59.8 Å². The van der Waals surface area contributed by atoms with E-state index in [1.807, 2.05) is 45.2 Å². The Labute approximate surface area is 155 Å². The lowest BCUT2D eigenvalue weighted by atomic mass is 10.1. The number of ketones is 1. The molecule has 0 heterocycles. The zero-order valence-corrected chi connectivity index (χ0v) is 16.1. The van der Waals surface area contributed by atoms with Gasteiger partial charge in [0.1, 0.15) is 12.3 Å². The molecule has 2 N–H and O–H groups in total. The minimum Gasteiger partial charge on any atom is -0.496 e. The van der Waals surface area contributed by atoms with E-state index in [1.54, 1.807) is 26.2 Å². The summed E-state index contributed by atoms with van der Waals surface area (Å²) >= 11 is 0. The largest absolute Gasteiger partial charge is 0.496 e. The fraction of sp³-hybridized carbons (Fsp3) is 0.333. The molecule has 138 valence electrons. The molecular formula is C21H27N2O3+. The number of ether oxygens (including phenoxy) is 1. The number of likely N-dealkylation sites (N-methyl/N-ethyl adjacent to an activating group) is 1. The third kappa shape index (κ3) is 4.92. The second-order valence-electron chi connectivity index (χ2n) is 6.69. The summed E-state index contributed by atoms with van der Waals surface area (Å²) in [7, 11) is 3.55. The molecular weight excluding hydrogens is 328 g/mol. The maximum absolute atomic E-state index is 12.4. The molecule has 2 aromatic rings. The second kappa shape index (κ2) is 8.63. The number of carbonyl (C=O) groups excluding carboxylic acids is 2. The van der Waals surface area contributed by atoms with Crippen molar-refractivity contribution in [1.29, 1.82) is 0 Å². The van der Waals surface area contributed by atoms with Crippen LogP contribution in [0.15, 0.2) is 36.4 Å². The van der Waals surface area contributed by atoms with Gasteiger partial charge in [-0.1, -0.05) is 12.1 Å². The summed E-state index contributed by atoms with van der Waals surface area (Å²) < 4.78 is 5.39. The number of carbonyl (C=O) groups is 2. The first kappa shape index (κ1) is 19.7. The van der Waals surface area contributed by atoms with Gasteiger partial charge >= 0.3 is 0 Å². The monoisotopic (exact) mass is 355 g/mol. The van der Waals surface area contributed by atoms with Crippen LogP contribution in [0.4, 0.5) is 5.69 Å². The van der Waals surface area contributed by atoms with Gasteiger partial charge in [-0.05, 0) is 56.2 Å². The van der Waals surface area contributed by atoms with E-state index in [1.165, 1.54) is 0 Å². The minimum atomic E-state index is -0.0436. The fourth-order valence-electron chi connectivity index (χ4n) is 2.88. The van der Waals surface area contributed by atoms with E-state index in [0.717, 1.165) is 33.0 Å². The van der Waals surface area contributed by atoms with Gasteiger partial charge < -0.3 is 15.0 Å². The Kier molecular flexibility index (Phi) is 6.52. The molecule has 1 unspecified atom stereocenters. The number of benzene rings is 2. The molecule has 0 fully saturated rings. The summed E-state index contributed by atoms with van der Waals surface area (Å²) in [6.07, 6.45) is 0. The van der Waals surface area contributed by atoms with Gasteiger partial charge in [-0.15, -0.1) is 0 Å². The zero-order valence-electron chi connectivity index (χ0n) is 16.1. The molecule has 26 heavy (non-hydrogen) atoms. The van der Waals surface area contributed by atoms with Crippen LogP contribution < -0.4 is 15.0 Å². The van der Waals surface area contributed by atoms with Gasteiger partial charge in [0.05, 0.1) is 14.2 Å². The lowest BCUT2D eigenvalue weighted by molar-refractivity contribution is -0.885. The van der Waals surface area contributed by atoms with Crippen molar-refractivity contribution in [1.82, 2.24) is 0 Å². The van der Waals surface area contributed by atoms with E-state index < -0.39 is 0 Å². The first-order valence-corrected chi connectivity index (χ1v) is 8.67. The molecule has 1 atom stereocenters. The van der Waals surface area contributed by atoms with Crippen LogP contribution in [0.2, 0.25) is 0 Å². The predicted octanol–water partition coefficient (Wildman–Crippen LogP) is 2.17. The third-order valence-electron chi connectivity index (χ3n) is 4.52. The predicted molar refractivity (Wildman–Crippen MR) is 103 cm³/mol. The molecule has 0 radical (unpaired) electrons. The number of rotatable bonds is 7. The second-order valence-corrected chi connectivity index (χ2v) is 6.69. The summed E-state index contributed by atoms with van der Waals surface area (Å²) in [6, 6.07) is 11.3. The van der Waals surface area contributed by atoms with Crippen molar-refractivity contribution < 1.29 is 19.2 Å². The average molecular weight is 355 g/mol. The molecule has 0 saturated carbocycles. The number of nitrogens with one attached hydrogen (secondary N) is 2. The molecule has 0 aromatic heterocycles. The van der Waals surface area contributed by atoms with E-state index in [-0.39, 0.29) is 11.7 Å². The molecule has 0 aliphatic rings. The summed E-state index contributed by atoms with van der Waals surface area (Å²) in [6.45, 7) is 6.47. The van der Waals surface area contributed by atoms with Gasteiger partial charge in [0.2, 0.25) is 0 Å². The Hall–Kier alpha value is -2.66. The quantitative estimate of drug-likeness (QED) is 0.749. The molecule has 0 saturated heterocycles. The molecule has 0 spiro atoms. The number of hydrogen-bond acceptors (Lipinski definition) is 3. The average Bonchev–Trinajstić information content (AvgIpc) is 2.58. The molecule has 5 heteroatoms. The molecule has 5 nitrogen and oxygen atoms in total.